The summed E-state index contributed by atoms with van der Waals surface area (Å²) in [6.07, 6.45) is 1.52. The first-order valence-corrected chi connectivity index (χ1v) is 6.43. The normalized spacial score (nSPS) is 11.7. The molecule has 19 heavy (non-hydrogen) atoms. The maximum atomic E-state index is 11.9. The van der Waals surface area contributed by atoms with E-state index in [0.717, 1.165) is 0 Å². The molecule has 5 nitrogen and oxygen atoms in total. The molecule has 0 aliphatic heterocycles. The van der Waals surface area contributed by atoms with Crippen LogP contribution in [0.3, 0.4) is 0 Å². The summed E-state index contributed by atoms with van der Waals surface area (Å²) in [6.45, 7) is 9.84. The number of hydrogen-bond acceptors (Lipinski definition) is 5. The molecule has 1 aromatic heterocycles. The fourth-order valence-electron chi connectivity index (χ4n) is 1.58. The second-order valence-corrected chi connectivity index (χ2v) is 5.08. The van der Waals surface area contributed by atoms with Crippen LogP contribution in [0.15, 0.2) is 6.20 Å². The largest absolute Gasteiger partial charge is 0.462 e. The van der Waals surface area contributed by atoms with Crippen LogP contribution in [0.1, 0.15) is 62.4 Å². The zero-order valence-electron chi connectivity index (χ0n) is 12.5. The summed E-state index contributed by atoms with van der Waals surface area (Å²) in [7, 11) is 1.61. The summed E-state index contributed by atoms with van der Waals surface area (Å²) in [4.78, 5) is 20.6. The quantitative estimate of drug-likeness (QED) is 0.767. The van der Waals surface area contributed by atoms with Crippen LogP contribution in [-0.2, 0) is 15.1 Å². The Hall–Kier alpha value is -1.49. The number of methoxy groups -OCH3 is 1. The summed E-state index contributed by atoms with van der Waals surface area (Å²) in [6, 6.07) is 0. The van der Waals surface area contributed by atoms with Crippen molar-refractivity contribution in [2.24, 2.45) is 0 Å². The SMILES string of the molecule is CCOC(=O)c1cnc(C(C)(C)OC)nc1C(C)C. The minimum atomic E-state index is -0.586. The number of esters is 1. The van der Waals surface area contributed by atoms with Crippen molar-refractivity contribution in [1.29, 1.82) is 0 Å². The van der Waals surface area contributed by atoms with Crippen molar-refractivity contribution >= 4 is 5.97 Å². The van der Waals surface area contributed by atoms with Crippen LogP contribution in [0.4, 0.5) is 0 Å². The van der Waals surface area contributed by atoms with Crippen molar-refractivity contribution in [3.63, 3.8) is 0 Å². The summed E-state index contributed by atoms with van der Waals surface area (Å²) in [5.41, 5.74) is 0.526. The Morgan fingerprint density at radius 1 is 1.42 bits per heavy atom. The monoisotopic (exact) mass is 266 g/mol. The van der Waals surface area contributed by atoms with Crippen molar-refractivity contribution in [2.75, 3.05) is 13.7 Å². The molecule has 0 aromatic carbocycles. The van der Waals surface area contributed by atoms with E-state index in [9.17, 15) is 4.79 Å². The van der Waals surface area contributed by atoms with E-state index in [1.807, 2.05) is 27.7 Å². The third kappa shape index (κ3) is 3.50. The van der Waals surface area contributed by atoms with Crippen LogP contribution >= 0.6 is 0 Å². The Morgan fingerprint density at radius 3 is 2.53 bits per heavy atom. The molecule has 0 radical (unpaired) electrons. The zero-order valence-corrected chi connectivity index (χ0v) is 12.5. The van der Waals surface area contributed by atoms with Gasteiger partial charge in [0.05, 0.1) is 17.9 Å². The van der Waals surface area contributed by atoms with Crippen LogP contribution < -0.4 is 0 Å². The van der Waals surface area contributed by atoms with Crippen LogP contribution in [0.25, 0.3) is 0 Å². The van der Waals surface area contributed by atoms with Gasteiger partial charge in [-0.05, 0) is 26.7 Å². The summed E-state index contributed by atoms with van der Waals surface area (Å²) >= 11 is 0. The molecule has 0 aliphatic carbocycles. The predicted molar refractivity (Wildman–Crippen MR) is 72.1 cm³/mol. The fraction of sp³-hybridized carbons (Fsp3) is 0.643. The molecule has 0 amide bonds. The Balaban J connectivity index is 3.26. The molecule has 1 heterocycles. The molecule has 0 bridgehead atoms. The molecule has 0 saturated heterocycles. The molecule has 0 saturated carbocycles. The average Bonchev–Trinajstić information content (AvgIpc) is 2.38. The molecular formula is C14H22N2O3. The lowest BCUT2D eigenvalue weighted by Crippen LogP contribution is -2.25. The molecule has 5 heteroatoms. The number of nitrogens with zero attached hydrogens (tertiary/aromatic N) is 2. The highest BCUT2D eigenvalue weighted by atomic mass is 16.5. The van der Waals surface area contributed by atoms with Crippen LogP contribution in [0, 0.1) is 0 Å². The van der Waals surface area contributed by atoms with Gasteiger partial charge in [0.2, 0.25) is 0 Å². The third-order valence-corrected chi connectivity index (χ3v) is 2.91. The first-order valence-electron chi connectivity index (χ1n) is 6.43. The lowest BCUT2D eigenvalue weighted by Gasteiger charge is -2.22. The molecule has 1 aromatic rings. The van der Waals surface area contributed by atoms with E-state index in [0.29, 0.717) is 23.7 Å². The Morgan fingerprint density at radius 2 is 2.05 bits per heavy atom. The van der Waals surface area contributed by atoms with Gasteiger partial charge in [0.15, 0.2) is 5.82 Å². The van der Waals surface area contributed by atoms with Gasteiger partial charge in [-0.15, -0.1) is 0 Å². The Labute approximate surface area is 114 Å². The van der Waals surface area contributed by atoms with Crippen molar-refractivity contribution in [3.05, 3.63) is 23.3 Å². The lowest BCUT2D eigenvalue weighted by molar-refractivity contribution is 0.0110. The van der Waals surface area contributed by atoms with E-state index in [2.05, 4.69) is 9.97 Å². The summed E-state index contributed by atoms with van der Waals surface area (Å²) in [5.74, 6) is 0.286. The van der Waals surface area contributed by atoms with Gasteiger partial charge < -0.3 is 9.47 Å². The summed E-state index contributed by atoms with van der Waals surface area (Å²) < 4.78 is 10.4. The molecule has 0 N–H and O–H groups in total. The van der Waals surface area contributed by atoms with E-state index >= 15 is 0 Å². The first kappa shape index (κ1) is 15.6. The Kier molecular flexibility index (Phi) is 5.00. The Bertz CT molecular complexity index is 456. The van der Waals surface area contributed by atoms with E-state index in [-0.39, 0.29) is 11.9 Å². The van der Waals surface area contributed by atoms with Crippen molar-refractivity contribution in [1.82, 2.24) is 9.97 Å². The van der Waals surface area contributed by atoms with Crippen molar-refractivity contribution in [3.8, 4) is 0 Å². The molecule has 0 spiro atoms. The third-order valence-electron chi connectivity index (χ3n) is 2.91. The van der Waals surface area contributed by atoms with Gasteiger partial charge >= 0.3 is 5.97 Å². The minimum Gasteiger partial charge on any atom is -0.462 e. The highest BCUT2D eigenvalue weighted by Crippen LogP contribution is 2.24. The van der Waals surface area contributed by atoms with Gasteiger partial charge in [0.1, 0.15) is 5.60 Å². The van der Waals surface area contributed by atoms with E-state index < -0.39 is 5.60 Å². The zero-order chi connectivity index (χ0) is 14.6. The molecule has 0 atom stereocenters. The topological polar surface area (TPSA) is 61.3 Å². The molecule has 0 unspecified atom stereocenters. The minimum absolute atomic E-state index is 0.105. The number of carbonyl (C=O) groups excluding carboxylic acids is 1. The van der Waals surface area contributed by atoms with E-state index in [1.165, 1.54) is 6.20 Å². The number of rotatable bonds is 5. The van der Waals surface area contributed by atoms with Gasteiger partial charge in [-0.2, -0.15) is 0 Å². The molecular weight excluding hydrogens is 244 g/mol. The van der Waals surface area contributed by atoms with Crippen LogP contribution in [-0.4, -0.2) is 29.7 Å². The number of carbonyl (C=O) groups is 1. The molecule has 0 aliphatic rings. The first-order chi connectivity index (χ1) is 8.83. The van der Waals surface area contributed by atoms with Gasteiger partial charge in [0.25, 0.3) is 0 Å². The second kappa shape index (κ2) is 6.10. The van der Waals surface area contributed by atoms with Crippen LogP contribution in [0.2, 0.25) is 0 Å². The number of ether oxygens (including phenoxy) is 2. The van der Waals surface area contributed by atoms with Crippen LogP contribution in [0.5, 0.6) is 0 Å². The summed E-state index contributed by atoms with van der Waals surface area (Å²) in [5, 5.41) is 0. The van der Waals surface area contributed by atoms with Gasteiger partial charge in [-0.1, -0.05) is 13.8 Å². The maximum Gasteiger partial charge on any atom is 0.341 e. The standard InChI is InChI=1S/C14H22N2O3/c1-7-19-12(17)10-8-15-13(14(4,5)18-6)16-11(10)9(2)3/h8-9H,7H2,1-6H3. The maximum absolute atomic E-state index is 11.9. The molecule has 1 rings (SSSR count). The second-order valence-electron chi connectivity index (χ2n) is 5.08. The fourth-order valence-corrected chi connectivity index (χ4v) is 1.58. The van der Waals surface area contributed by atoms with Crippen molar-refractivity contribution in [2.45, 2.75) is 46.1 Å². The van der Waals surface area contributed by atoms with Gasteiger partial charge in [-0.3, -0.25) is 0 Å². The predicted octanol–water partition coefficient (Wildman–Crippen LogP) is 2.66. The van der Waals surface area contributed by atoms with E-state index in [1.54, 1.807) is 14.0 Å². The van der Waals surface area contributed by atoms with Crippen molar-refractivity contribution < 1.29 is 14.3 Å². The van der Waals surface area contributed by atoms with E-state index in [4.69, 9.17) is 9.47 Å². The lowest BCUT2D eigenvalue weighted by atomic mass is 10.0. The van der Waals surface area contributed by atoms with Gasteiger partial charge in [-0.25, -0.2) is 14.8 Å². The average molecular weight is 266 g/mol. The molecule has 106 valence electrons. The molecule has 0 fully saturated rings. The smallest absolute Gasteiger partial charge is 0.341 e. The number of hydrogen-bond donors (Lipinski definition) is 0. The highest BCUT2D eigenvalue weighted by Gasteiger charge is 2.26. The number of aromatic nitrogens is 2. The highest BCUT2D eigenvalue weighted by molar-refractivity contribution is 5.90. The van der Waals surface area contributed by atoms with Gasteiger partial charge in [0, 0.05) is 13.3 Å².